The predicted octanol–water partition coefficient (Wildman–Crippen LogP) is 4.13. The molecule has 0 aliphatic carbocycles. The van der Waals surface area contributed by atoms with Gasteiger partial charge in [-0.3, -0.25) is 0 Å². The molecule has 0 aliphatic heterocycles. The molecule has 1 unspecified atom stereocenters. The standard InChI is InChI=1S/C19H16FN5/c1-13(14-4-2-5-15(10-14)25-9-8-21-12-25)24-19-16-6-3-7-17(20)18(16)22-11-23-19/h2-13H,1H3,(H,22,23,24). The Morgan fingerprint density at radius 3 is 2.84 bits per heavy atom. The van der Waals surface area contributed by atoms with Crippen molar-refractivity contribution in [3.8, 4) is 5.69 Å². The first-order chi connectivity index (χ1) is 12.2. The first-order valence-electron chi connectivity index (χ1n) is 7.96. The largest absolute Gasteiger partial charge is 0.363 e. The van der Waals surface area contributed by atoms with Gasteiger partial charge < -0.3 is 9.88 Å². The van der Waals surface area contributed by atoms with E-state index in [0.29, 0.717) is 16.7 Å². The SMILES string of the molecule is CC(Nc1ncnc2c(F)cccc12)c1cccc(-n2ccnc2)c1. The molecular formula is C19H16FN5. The molecule has 0 saturated carbocycles. The smallest absolute Gasteiger partial charge is 0.149 e. The summed E-state index contributed by atoms with van der Waals surface area (Å²) in [5.74, 6) is 0.266. The fourth-order valence-electron chi connectivity index (χ4n) is 2.82. The Morgan fingerprint density at radius 2 is 2.00 bits per heavy atom. The van der Waals surface area contributed by atoms with E-state index in [9.17, 15) is 4.39 Å². The highest BCUT2D eigenvalue weighted by molar-refractivity contribution is 5.89. The highest BCUT2D eigenvalue weighted by Crippen LogP contribution is 2.26. The molecule has 0 fully saturated rings. The first kappa shape index (κ1) is 15.3. The van der Waals surface area contributed by atoms with Crippen molar-refractivity contribution < 1.29 is 4.39 Å². The number of nitrogens with zero attached hydrogens (tertiary/aromatic N) is 4. The number of hydrogen-bond acceptors (Lipinski definition) is 4. The molecule has 1 atom stereocenters. The Labute approximate surface area is 144 Å². The molecule has 2 aromatic heterocycles. The average molecular weight is 333 g/mol. The van der Waals surface area contributed by atoms with Crippen LogP contribution in [0.5, 0.6) is 0 Å². The molecule has 0 spiro atoms. The van der Waals surface area contributed by atoms with Crippen LogP contribution in [0.4, 0.5) is 10.2 Å². The zero-order valence-corrected chi connectivity index (χ0v) is 13.6. The quantitative estimate of drug-likeness (QED) is 0.610. The number of aromatic nitrogens is 4. The van der Waals surface area contributed by atoms with Gasteiger partial charge in [-0.05, 0) is 36.8 Å². The molecule has 1 N–H and O–H groups in total. The molecule has 0 radical (unpaired) electrons. The van der Waals surface area contributed by atoms with Crippen LogP contribution in [-0.2, 0) is 0 Å². The van der Waals surface area contributed by atoms with E-state index < -0.39 is 0 Å². The number of fused-ring (bicyclic) bond motifs is 1. The molecular weight excluding hydrogens is 317 g/mol. The fraction of sp³-hybridized carbons (Fsp3) is 0.105. The Kier molecular flexibility index (Phi) is 3.85. The third kappa shape index (κ3) is 2.94. The van der Waals surface area contributed by atoms with Crippen LogP contribution in [0.3, 0.4) is 0 Å². The van der Waals surface area contributed by atoms with Gasteiger partial charge >= 0.3 is 0 Å². The van der Waals surface area contributed by atoms with Gasteiger partial charge in [-0.15, -0.1) is 0 Å². The lowest BCUT2D eigenvalue weighted by molar-refractivity contribution is 0.636. The van der Waals surface area contributed by atoms with Gasteiger partial charge in [0.05, 0.1) is 12.4 Å². The molecule has 6 heteroatoms. The van der Waals surface area contributed by atoms with Crippen LogP contribution in [0.15, 0.2) is 67.5 Å². The number of imidazole rings is 1. The minimum absolute atomic E-state index is 0.00941. The molecule has 0 bridgehead atoms. The van der Waals surface area contributed by atoms with Crippen molar-refractivity contribution >= 4 is 16.7 Å². The molecule has 4 aromatic rings. The number of nitrogens with one attached hydrogen (secondary N) is 1. The summed E-state index contributed by atoms with van der Waals surface area (Å²) in [7, 11) is 0. The summed E-state index contributed by atoms with van der Waals surface area (Å²) in [6.45, 7) is 2.04. The number of anilines is 1. The molecule has 124 valence electrons. The van der Waals surface area contributed by atoms with Crippen molar-refractivity contribution in [3.63, 3.8) is 0 Å². The van der Waals surface area contributed by atoms with Crippen molar-refractivity contribution in [1.82, 2.24) is 19.5 Å². The molecule has 2 aromatic carbocycles. The lowest BCUT2D eigenvalue weighted by Crippen LogP contribution is -2.09. The molecule has 0 saturated heterocycles. The summed E-state index contributed by atoms with van der Waals surface area (Å²) in [4.78, 5) is 12.4. The average Bonchev–Trinajstić information content (AvgIpc) is 3.17. The zero-order chi connectivity index (χ0) is 17.2. The highest BCUT2D eigenvalue weighted by atomic mass is 19.1. The van der Waals surface area contributed by atoms with E-state index in [1.807, 2.05) is 42.0 Å². The monoisotopic (exact) mass is 333 g/mol. The minimum atomic E-state index is -0.349. The van der Waals surface area contributed by atoms with Crippen LogP contribution in [-0.4, -0.2) is 19.5 Å². The normalized spacial score (nSPS) is 12.2. The number of halogens is 1. The van der Waals surface area contributed by atoms with E-state index in [4.69, 9.17) is 0 Å². The zero-order valence-electron chi connectivity index (χ0n) is 13.6. The van der Waals surface area contributed by atoms with E-state index in [-0.39, 0.29) is 11.9 Å². The van der Waals surface area contributed by atoms with Crippen molar-refractivity contribution in [2.24, 2.45) is 0 Å². The first-order valence-corrected chi connectivity index (χ1v) is 7.96. The number of rotatable bonds is 4. The van der Waals surface area contributed by atoms with Gasteiger partial charge in [-0.25, -0.2) is 19.3 Å². The molecule has 4 rings (SSSR count). The summed E-state index contributed by atoms with van der Waals surface area (Å²) < 4.78 is 15.9. The second-order valence-corrected chi connectivity index (χ2v) is 5.79. The fourth-order valence-corrected chi connectivity index (χ4v) is 2.82. The van der Waals surface area contributed by atoms with E-state index in [2.05, 4.69) is 26.3 Å². The van der Waals surface area contributed by atoms with Gasteiger partial charge in [-0.2, -0.15) is 0 Å². The van der Waals surface area contributed by atoms with E-state index in [1.165, 1.54) is 12.4 Å². The molecule has 5 nitrogen and oxygen atoms in total. The van der Waals surface area contributed by atoms with Crippen molar-refractivity contribution in [1.29, 1.82) is 0 Å². The number of hydrogen-bond donors (Lipinski definition) is 1. The summed E-state index contributed by atoms with van der Waals surface area (Å²) in [6.07, 6.45) is 6.79. The third-order valence-corrected chi connectivity index (χ3v) is 4.14. The van der Waals surface area contributed by atoms with Crippen LogP contribution in [0.1, 0.15) is 18.5 Å². The van der Waals surface area contributed by atoms with Crippen molar-refractivity contribution in [2.45, 2.75) is 13.0 Å². The highest BCUT2D eigenvalue weighted by Gasteiger charge is 2.12. The minimum Gasteiger partial charge on any atom is -0.363 e. The Bertz CT molecular complexity index is 1010. The second-order valence-electron chi connectivity index (χ2n) is 5.79. The Balaban J connectivity index is 1.66. The van der Waals surface area contributed by atoms with E-state index >= 15 is 0 Å². The summed E-state index contributed by atoms with van der Waals surface area (Å²) >= 11 is 0. The van der Waals surface area contributed by atoms with Gasteiger partial charge in [-0.1, -0.05) is 18.2 Å². The van der Waals surface area contributed by atoms with Crippen molar-refractivity contribution in [2.75, 3.05) is 5.32 Å². The Hall–Kier alpha value is -3.28. The summed E-state index contributed by atoms with van der Waals surface area (Å²) in [5.41, 5.74) is 2.44. The van der Waals surface area contributed by atoms with E-state index in [1.54, 1.807) is 18.6 Å². The van der Waals surface area contributed by atoms with Gasteiger partial charge in [0.1, 0.15) is 23.5 Å². The van der Waals surface area contributed by atoms with Crippen LogP contribution >= 0.6 is 0 Å². The summed E-state index contributed by atoms with van der Waals surface area (Å²) in [5, 5.41) is 4.03. The molecule has 0 aliphatic rings. The van der Waals surface area contributed by atoms with E-state index in [0.717, 1.165) is 11.3 Å². The molecule has 25 heavy (non-hydrogen) atoms. The topological polar surface area (TPSA) is 55.6 Å². The maximum Gasteiger partial charge on any atom is 0.149 e. The van der Waals surface area contributed by atoms with Crippen LogP contribution in [0.2, 0.25) is 0 Å². The van der Waals surface area contributed by atoms with Gasteiger partial charge in [0, 0.05) is 23.5 Å². The predicted molar refractivity (Wildman–Crippen MR) is 95.1 cm³/mol. The number of para-hydroxylation sites is 1. The summed E-state index contributed by atoms with van der Waals surface area (Å²) in [6, 6.07) is 13.0. The van der Waals surface area contributed by atoms with Gasteiger partial charge in [0.15, 0.2) is 0 Å². The van der Waals surface area contributed by atoms with Crippen LogP contribution in [0.25, 0.3) is 16.6 Å². The maximum atomic E-state index is 13.9. The maximum absolute atomic E-state index is 13.9. The van der Waals surface area contributed by atoms with Crippen molar-refractivity contribution in [3.05, 3.63) is 78.9 Å². The molecule has 0 amide bonds. The lowest BCUT2D eigenvalue weighted by atomic mass is 10.1. The second kappa shape index (κ2) is 6.32. The van der Waals surface area contributed by atoms with Gasteiger partial charge in [0.25, 0.3) is 0 Å². The number of benzene rings is 2. The van der Waals surface area contributed by atoms with Crippen LogP contribution < -0.4 is 5.32 Å². The third-order valence-electron chi connectivity index (χ3n) is 4.14. The Morgan fingerprint density at radius 1 is 1.12 bits per heavy atom. The van der Waals surface area contributed by atoms with Crippen LogP contribution in [0, 0.1) is 5.82 Å². The lowest BCUT2D eigenvalue weighted by Gasteiger charge is -2.17. The van der Waals surface area contributed by atoms with Gasteiger partial charge in [0.2, 0.25) is 0 Å². The molecule has 2 heterocycles.